The van der Waals surface area contributed by atoms with E-state index in [0.717, 1.165) is 76.1 Å². The SMILES string of the molecule is CC(C)Oc1ccc(Nc2ncnc3[nH]c4c(c23)CC(C(=O)NCCCS(C)(=O)=O)CC4)cc1.CS(=O)(=O)CCCNC(=O)C1CCc2[nH]c3ncnc(Cl)c3c2C1. The molecule has 2 aliphatic carbocycles. The molecule has 0 saturated heterocycles. The van der Waals surface area contributed by atoms with Gasteiger partial charge in [0.2, 0.25) is 11.8 Å². The maximum Gasteiger partial charge on any atom is 0.223 e. The normalized spacial score (nSPS) is 16.6. The number of halogens is 1. The van der Waals surface area contributed by atoms with E-state index in [0.29, 0.717) is 55.4 Å². The number of nitrogens with zero attached hydrogens (tertiary/aromatic N) is 4. The molecular formula is C39H50ClN9O7S2. The zero-order valence-corrected chi connectivity index (χ0v) is 35.4. The maximum atomic E-state index is 12.7. The third-order valence-electron chi connectivity index (χ3n) is 10.1. The average Bonchev–Trinajstić information content (AvgIpc) is 3.74. The second kappa shape index (κ2) is 18.4. The average molecular weight is 856 g/mol. The standard InChI is InChI=1S/C24H31N5O4S.C15H19ClN4O3S/c1-15(2)33-18-8-6-17(7-9-18)28-22-21-19-13-16(24(30)25-11-4-12-34(3,31)32)5-10-20(19)29-23(21)27-14-26-22;1-24(22,23)6-2-5-17-15(21)9-3-4-11-10(7-9)12-13(16)18-8-19-14(12)20-11/h6-9,14-16H,4-5,10-13H2,1-3H3,(H,25,30)(H2,26,27,28,29);8-9H,2-7H2,1H3,(H,17,21)(H,18,19,20). The number of rotatable bonds is 14. The van der Waals surface area contributed by atoms with Gasteiger partial charge in [-0.3, -0.25) is 9.59 Å². The molecule has 2 atom stereocenters. The highest BCUT2D eigenvalue weighted by atomic mass is 35.5. The molecule has 19 heteroatoms. The van der Waals surface area contributed by atoms with Crippen molar-refractivity contribution in [3.63, 3.8) is 0 Å². The molecule has 312 valence electrons. The fourth-order valence-electron chi connectivity index (χ4n) is 7.39. The number of fused-ring (bicyclic) bond motifs is 6. The van der Waals surface area contributed by atoms with Gasteiger partial charge < -0.3 is 30.7 Å². The second-order valence-electron chi connectivity index (χ2n) is 15.2. The van der Waals surface area contributed by atoms with Crippen LogP contribution in [0.5, 0.6) is 5.75 Å². The fourth-order valence-corrected chi connectivity index (χ4v) is 8.98. The Kier molecular flexibility index (Phi) is 13.6. The summed E-state index contributed by atoms with van der Waals surface area (Å²) >= 11 is 6.18. The molecule has 5 N–H and O–H groups in total. The third kappa shape index (κ3) is 11.2. The third-order valence-corrected chi connectivity index (χ3v) is 12.5. The molecule has 2 unspecified atom stereocenters. The van der Waals surface area contributed by atoms with Gasteiger partial charge >= 0.3 is 0 Å². The van der Waals surface area contributed by atoms with Gasteiger partial charge in [-0.15, -0.1) is 0 Å². The van der Waals surface area contributed by atoms with Gasteiger partial charge in [0, 0.05) is 54.5 Å². The summed E-state index contributed by atoms with van der Waals surface area (Å²) < 4.78 is 50.5. The highest BCUT2D eigenvalue weighted by molar-refractivity contribution is 7.90. The molecular weight excluding hydrogens is 806 g/mol. The Labute approximate surface area is 343 Å². The zero-order valence-electron chi connectivity index (χ0n) is 33.0. The molecule has 0 saturated carbocycles. The van der Waals surface area contributed by atoms with E-state index in [1.54, 1.807) is 0 Å². The number of carbonyl (C=O) groups is 2. The largest absolute Gasteiger partial charge is 0.491 e. The number of hydrogen-bond acceptors (Lipinski definition) is 12. The number of H-pyrrole nitrogens is 2. The van der Waals surface area contributed by atoms with Crippen LogP contribution in [-0.4, -0.2) is 102 Å². The number of sulfone groups is 2. The van der Waals surface area contributed by atoms with E-state index in [4.69, 9.17) is 16.3 Å². The summed E-state index contributed by atoms with van der Waals surface area (Å²) in [5, 5.41) is 11.2. The molecule has 0 bridgehead atoms. The Morgan fingerprint density at radius 3 is 1.79 bits per heavy atom. The van der Waals surface area contributed by atoms with Crippen molar-refractivity contribution in [2.75, 3.05) is 42.4 Å². The minimum atomic E-state index is -3.03. The van der Waals surface area contributed by atoms with E-state index >= 15 is 0 Å². The summed E-state index contributed by atoms with van der Waals surface area (Å²) in [5.41, 5.74) is 6.54. The van der Waals surface area contributed by atoms with Crippen LogP contribution in [0, 0.1) is 11.8 Å². The minimum absolute atomic E-state index is 0.0411. The van der Waals surface area contributed by atoms with Gasteiger partial charge in [-0.2, -0.15) is 0 Å². The fraction of sp³-hybridized carbons (Fsp3) is 0.487. The lowest BCUT2D eigenvalue weighted by Crippen LogP contribution is -2.35. The number of amides is 2. The number of hydrogen-bond donors (Lipinski definition) is 5. The second-order valence-corrected chi connectivity index (χ2v) is 20.1. The molecule has 1 aromatic carbocycles. The van der Waals surface area contributed by atoms with Crippen LogP contribution >= 0.6 is 11.6 Å². The number of aromatic amines is 2. The van der Waals surface area contributed by atoms with Crippen molar-refractivity contribution in [1.82, 2.24) is 40.5 Å². The first-order chi connectivity index (χ1) is 27.5. The van der Waals surface area contributed by atoms with Crippen molar-refractivity contribution >= 4 is 76.7 Å². The zero-order chi connectivity index (χ0) is 41.6. The van der Waals surface area contributed by atoms with Crippen LogP contribution in [0.1, 0.15) is 62.0 Å². The molecule has 7 rings (SSSR count). The van der Waals surface area contributed by atoms with Crippen LogP contribution < -0.4 is 20.7 Å². The molecule has 0 spiro atoms. The molecule has 0 radical (unpaired) electrons. The van der Waals surface area contributed by atoms with Gasteiger partial charge in [-0.25, -0.2) is 36.8 Å². The van der Waals surface area contributed by atoms with Gasteiger partial charge in [0.25, 0.3) is 0 Å². The molecule has 5 aromatic rings. The van der Waals surface area contributed by atoms with Crippen LogP contribution in [-0.2, 0) is 54.9 Å². The number of ether oxygens (including phenoxy) is 1. The summed E-state index contributed by atoms with van der Waals surface area (Å²) in [4.78, 5) is 48.8. The van der Waals surface area contributed by atoms with E-state index < -0.39 is 19.7 Å². The summed E-state index contributed by atoms with van der Waals surface area (Å²) in [6, 6.07) is 7.71. The van der Waals surface area contributed by atoms with Gasteiger partial charge in [0.1, 0.15) is 60.3 Å². The van der Waals surface area contributed by atoms with E-state index in [1.165, 1.54) is 25.2 Å². The van der Waals surface area contributed by atoms with Crippen molar-refractivity contribution in [2.24, 2.45) is 11.8 Å². The van der Waals surface area contributed by atoms with E-state index in [-0.39, 0.29) is 41.3 Å². The molecule has 58 heavy (non-hydrogen) atoms. The van der Waals surface area contributed by atoms with Crippen molar-refractivity contribution in [3.8, 4) is 5.75 Å². The minimum Gasteiger partial charge on any atom is -0.491 e. The number of anilines is 2. The lowest BCUT2D eigenvalue weighted by Gasteiger charge is -2.22. The smallest absolute Gasteiger partial charge is 0.223 e. The highest BCUT2D eigenvalue weighted by Crippen LogP contribution is 2.36. The maximum absolute atomic E-state index is 12.7. The van der Waals surface area contributed by atoms with Crippen molar-refractivity contribution in [3.05, 3.63) is 64.6 Å². The van der Waals surface area contributed by atoms with Crippen LogP contribution in [0.2, 0.25) is 5.15 Å². The summed E-state index contributed by atoms with van der Waals surface area (Å²) in [6.07, 6.45) is 10.4. The van der Waals surface area contributed by atoms with Crippen LogP contribution in [0.15, 0.2) is 36.9 Å². The Morgan fingerprint density at radius 2 is 1.28 bits per heavy atom. The molecule has 0 aliphatic heterocycles. The first-order valence-electron chi connectivity index (χ1n) is 19.3. The Morgan fingerprint density at radius 1 is 0.776 bits per heavy atom. The first kappa shape index (κ1) is 42.8. The molecule has 4 aromatic heterocycles. The van der Waals surface area contributed by atoms with E-state index in [2.05, 4.69) is 45.9 Å². The number of aryl methyl sites for hydroxylation is 2. The van der Waals surface area contributed by atoms with Gasteiger partial charge in [0.15, 0.2) is 0 Å². The predicted molar refractivity (Wildman–Crippen MR) is 224 cm³/mol. The number of carbonyl (C=O) groups excluding carboxylic acids is 2. The lowest BCUT2D eigenvalue weighted by atomic mass is 9.86. The van der Waals surface area contributed by atoms with E-state index in [9.17, 15) is 26.4 Å². The van der Waals surface area contributed by atoms with Crippen molar-refractivity contribution in [1.29, 1.82) is 0 Å². The van der Waals surface area contributed by atoms with Crippen LogP contribution in [0.4, 0.5) is 11.5 Å². The summed E-state index contributed by atoms with van der Waals surface area (Å²) in [7, 11) is -6.02. The monoisotopic (exact) mass is 855 g/mol. The van der Waals surface area contributed by atoms with Gasteiger partial charge in [0.05, 0.1) is 28.4 Å². The van der Waals surface area contributed by atoms with Crippen LogP contribution in [0.25, 0.3) is 22.1 Å². The van der Waals surface area contributed by atoms with E-state index in [1.807, 2.05) is 38.1 Å². The highest BCUT2D eigenvalue weighted by Gasteiger charge is 2.30. The molecule has 4 heterocycles. The Hall–Kier alpha value is -4.81. The molecule has 2 aliphatic rings. The molecule has 16 nitrogen and oxygen atoms in total. The molecule has 0 fully saturated rings. The van der Waals surface area contributed by atoms with Crippen molar-refractivity contribution in [2.45, 2.75) is 71.3 Å². The van der Waals surface area contributed by atoms with Gasteiger partial charge in [-0.1, -0.05) is 11.6 Å². The summed E-state index contributed by atoms with van der Waals surface area (Å²) in [5.74, 6) is 1.24. The Bertz CT molecular complexity index is 2490. The summed E-state index contributed by atoms with van der Waals surface area (Å²) in [6.45, 7) is 4.70. The quantitative estimate of drug-likeness (QED) is 0.0773. The lowest BCUT2D eigenvalue weighted by molar-refractivity contribution is -0.126. The van der Waals surface area contributed by atoms with Crippen LogP contribution in [0.3, 0.4) is 0 Å². The molecule has 2 amide bonds. The van der Waals surface area contributed by atoms with Gasteiger partial charge in [-0.05, 0) is 101 Å². The topological polar surface area (TPSA) is 231 Å². The Balaban J connectivity index is 0.000000208. The van der Waals surface area contributed by atoms with Crippen molar-refractivity contribution < 1.29 is 31.2 Å². The number of benzene rings is 1. The number of aromatic nitrogens is 6. The predicted octanol–water partition coefficient (Wildman–Crippen LogP) is 4.41. The number of nitrogens with one attached hydrogen (secondary N) is 5. The first-order valence-corrected chi connectivity index (χ1v) is 23.8.